The minimum atomic E-state index is -0.637. The van der Waals surface area contributed by atoms with Crippen molar-refractivity contribution < 1.29 is 14.4 Å². The van der Waals surface area contributed by atoms with Crippen molar-refractivity contribution in [3.63, 3.8) is 0 Å². The van der Waals surface area contributed by atoms with Crippen LogP contribution >= 0.6 is 12.4 Å². The Hall–Kier alpha value is -1.34. The van der Waals surface area contributed by atoms with Crippen molar-refractivity contribution in [3.05, 3.63) is 0 Å². The number of hydrogen-bond donors (Lipinski definition) is 4. The van der Waals surface area contributed by atoms with Gasteiger partial charge in [0.25, 0.3) is 0 Å². The van der Waals surface area contributed by atoms with Gasteiger partial charge < -0.3 is 22.1 Å². The second-order valence-electron chi connectivity index (χ2n) is 6.73. The van der Waals surface area contributed by atoms with Crippen LogP contribution in [0.5, 0.6) is 0 Å². The van der Waals surface area contributed by atoms with Crippen molar-refractivity contribution in [3.8, 4) is 0 Å². The molecular formula is C16H31ClN4O3. The Kier molecular flexibility index (Phi) is 10.6. The van der Waals surface area contributed by atoms with Crippen LogP contribution in [0.4, 0.5) is 0 Å². The van der Waals surface area contributed by atoms with E-state index in [-0.39, 0.29) is 55.1 Å². The first-order valence-corrected chi connectivity index (χ1v) is 8.42. The van der Waals surface area contributed by atoms with Crippen LogP contribution < -0.4 is 22.1 Å². The Bertz CT molecular complexity index is 426. The highest BCUT2D eigenvalue weighted by molar-refractivity contribution is 5.87. The minimum Gasteiger partial charge on any atom is -0.370 e. The van der Waals surface area contributed by atoms with Crippen molar-refractivity contribution in [2.24, 2.45) is 23.3 Å². The molecule has 2 atom stereocenters. The monoisotopic (exact) mass is 362 g/mol. The summed E-state index contributed by atoms with van der Waals surface area (Å²) in [6, 6.07) is -0.890. The molecule has 24 heavy (non-hydrogen) atoms. The van der Waals surface area contributed by atoms with Crippen LogP contribution in [0.2, 0.25) is 0 Å². The van der Waals surface area contributed by atoms with Crippen molar-refractivity contribution in [2.45, 2.75) is 64.5 Å². The van der Waals surface area contributed by atoms with Gasteiger partial charge in [-0.25, -0.2) is 0 Å². The van der Waals surface area contributed by atoms with E-state index < -0.39 is 11.9 Å². The molecule has 6 N–H and O–H groups in total. The summed E-state index contributed by atoms with van der Waals surface area (Å²) in [5, 5.41) is 5.38. The normalized spacial score (nSPS) is 17.5. The number of halogens is 1. The quantitative estimate of drug-likeness (QED) is 0.499. The predicted molar refractivity (Wildman–Crippen MR) is 95.4 cm³/mol. The Morgan fingerprint density at radius 3 is 2.21 bits per heavy atom. The maximum atomic E-state index is 12.1. The summed E-state index contributed by atoms with van der Waals surface area (Å²) >= 11 is 0. The van der Waals surface area contributed by atoms with Gasteiger partial charge >= 0.3 is 0 Å². The Morgan fingerprint density at radius 2 is 1.71 bits per heavy atom. The lowest BCUT2D eigenvalue weighted by atomic mass is 9.82. The molecule has 0 spiro atoms. The topological polar surface area (TPSA) is 127 Å². The molecule has 1 rings (SSSR count). The maximum Gasteiger partial charge on any atom is 0.239 e. The third kappa shape index (κ3) is 7.97. The summed E-state index contributed by atoms with van der Waals surface area (Å²) in [5.41, 5.74) is 11.0. The summed E-state index contributed by atoms with van der Waals surface area (Å²) < 4.78 is 0. The van der Waals surface area contributed by atoms with E-state index in [9.17, 15) is 14.4 Å². The van der Waals surface area contributed by atoms with Crippen molar-refractivity contribution >= 4 is 30.1 Å². The smallest absolute Gasteiger partial charge is 0.239 e. The summed E-state index contributed by atoms with van der Waals surface area (Å²) in [6.07, 6.45) is 5.52. The average molecular weight is 363 g/mol. The van der Waals surface area contributed by atoms with E-state index in [0.29, 0.717) is 0 Å². The zero-order valence-electron chi connectivity index (χ0n) is 14.5. The van der Waals surface area contributed by atoms with Gasteiger partial charge in [0.15, 0.2) is 0 Å². The number of rotatable bonds is 8. The SMILES string of the molecule is CC(C)[C@H](N)C(=O)NCC(=O)NC(CC(N)=O)C1CCCCC1.Cl. The molecule has 7 nitrogen and oxygen atoms in total. The Balaban J connectivity index is 0.00000529. The van der Waals surface area contributed by atoms with E-state index in [0.717, 1.165) is 25.7 Å². The third-order valence-corrected chi connectivity index (χ3v) is 4.43. The minimum absolute atomic E-state index is 0. The van der Waals surface area contributed by atoms with Crippen molar-refractivity contribution in [1.29, 1.82) is 0 Å². The number of amides is 3. The van der Waals surface area contributed by atoms with Crippen molar-refractivity contribution in [1.82, 2.24) is 10.6 Å². The molecule has 1 aliphatic carbocycles. The standard InChI is InChI=1S/C16H30N4O3.ClH/c1-10(2)15(18)16(23)19-9-14(22)20-12(8-13(17)21)11-6-4-3-5-7-11;/h10-12,15H,3-9,18H2,1-2H3,(H2,17,21)(H,19,23)(H,20,22);1H/t12?,15-;/m0./s1. The molecule has 140 valence electrons. The first kappa shape index (κ1) is 22.7. The molecule has 0 aromatic heterocycles. The van der Waals surface area contributed by atoms with Crippen LogP contribution in [0.25, 0.3) is 0 Å². The van der Waals surface area contributed by atoms with Gasteiger partial charge in [0.05, 0.1) is 12.6 Å². The molecule has 1 aliphatic rings. The second kappa shape index (κ2) is 11.3. The van der Waals surface area contributed by atoms with Crippen LogP contribution in [0, 0.1) is 11.8 Å². The molecule has 3 amide bonds. The van der Waals surface area contributed by atoms with Gasteiger partial charge in [-0.3, -0.25) is 14.4 Å². The van der Waals surface area contributed by atoms with Crippen LogP contribution in [-0.4, -0.2) is 36.3 Å². The van der Waals surface area contributed by atoms with Gasteiger partial charge in [-0.2, -0.15) is 0 Å². The van der Waals surface area contributed by atoms with E-state index in [2.05, 4.69) is 10.6 Å². The van der Waals surface area contributed by atoms with Gasteiger partial charge in [0, 0.05) is 12.5 Å². The van der Waals surface area contributed by atoms with E-state index in [4.69, 9.17) is 11.5 Å². The highest BCUT2D eigenvalue weighted by Crippen LogP contribution is 2.27. The van der Waals surface area contributed by atoms with Crippen LogP contribution in [0.3, 0.4) is 0 Å². The molecule has 1 fully saturated rings. The maximum absolute atomic E-state index is 12.1. The average Bonchev–Trinajstić information content (AvgIpc) is 2.51. The summed E-state index contributed by atoms with van der Waals surface area (Å²) in [6.45, 7) is 3.55. The fourth-order valence-electron chi connectivity index (χ4n) is 2.93. The van der Waals surface area contributed by atoms with Gasteiger partial charge in [0.1, 0.15) is 0 Å². The summed E-state index contributed by atoms with van der Waals surface area (Å²) in [4.78, 5) is 35.1. The number of nitrogens with one attached hydrogen (secondary N) is 2. The van der Waals surface area contributed by atoms with E-state index in [1.807, 2.05) is 13.8 Å². The fourth-order valence-corrected chi connectivity index (χ4v) is 2.93. The number of carbonyl (C=O) groups excluding carboxylic acids is 3. The highest BCUT2D eigenvalue weighted by atomic mass is 35.5. The second-order valence-corrected chi connectivity index (χ2v) is 6.73. The van der Waals surface area contributed by atoms with Crippen LogP contribution in [-0.2, 0) is 14.4 Å². The molecule has 1 unspecified atom stereocenters. The lowest BCUT2D eigenvalue weighted by Gasteiger charge is -2.30. The predicted octanol–water partition coefficient (Wildman–Crippen LogP) is 0.448. The van der Waals surface area contributed by atoms with Crippen molar-refractivity contribution in [2.75, 3.05) is 6.54 Å². The largest absolute Gasteiger partial charge is 0.370 e. The van der Waals surface area contributed by atoms with Gasteiger partial charge in [-0.15, -0.1) is 12.4 Å². The molecule has 1 saturated carbocycles. The molecule has 0 aromatic carbocycles. The summed E-state index contributed by atoms with van der Waals surface area (Å²) in [5.74, 6) is -0.811. The Labute approximate surface area is 150 Å². The molecule has 0 aliphatic heterocycles. The molecule has 0 heterocycles. The van der Waals surface area contributed by atoms with E-state index in [1.54, 1.807) is 0 Å². The summed E-state index contributed by atoms with van der Waals surface area (Å²) in [7, 11) is 0. The highest BCUT2D eigenvalue weighted by Gasteiger charge is 2.27. The first-order chi connectivity index (χ1) is 10.8. The first-order valence-electron chi connectivity index (χ1n) is 8.42. The third-order valence-electron chi connectivity index (χ3n) is 4.43. The molecule has 0 bridgehead atoms. The number of primary amides is 1. The number of carbonyl (C=O) groups is 3. The molecule has 0 saturated heterocycles. The molecule has 0 aromatic rings. The van der Waals surface area contributed by atoms with E-state index >= 15 is 0 Å². The van der Waals surface area contributed by atoms with Crippen LogP contribution in [0.15, 0.2) is 0 Å². The Morgan fingerprint density at radius 1 is 1.12 bits per heavy atom. The molecule has 0 radical (unpaired) electrons. The van der Waals surface area contributed by atoms with Gasteiger partial charge in [-0.05, 0) is 24.7 Å². The fraction of sp³-hybridized carbons (Fsp3) is 0.812. The lowest BCUT2D eigenvalue weighted by Crippen LogP contribution is -2.50. The zero-order valence-corrected chi connectivity index (χ0v) is 15.4. The number of nitrogens with two attached hydrogens (primary N) is 2. The zero-order chi connectivity index (χ0) is 17.4. The van der Waals surface area contributed by atoms with Gasteiger partial charge in [0.2, 0.25) is 17.7 Å². The van der Waals surface area contributed by atoms with E-state index in [1.165, 1.54) is 6.42 Å². The number of hydrogen-bond acceptors (Lipinski definition) is 4. The van der Waals surface area contributed by atoms with Crippen LogP contribution in [0.1, 0.15) is 52.4 Å². The van der Waals surface area contributed by atoms with Gasteiger partial charge in [-0.1, -0.05) is 33.1 Å². The molecule has 8 heteroatoms. The molecular weight excluding hydrogens is 332 g/mol. The lowest BCUT2D eigenvalue weighted by molar-refractivity contribution is -0.128.